The molecule has 7 heteroatoms. The lowest BCUT2D eigenvalue weighted by molar-refractivity contribution is 0.0959. The Morgan fingerprint density at radius 2 is 1.94 bits per heavy atom. The summed E-state index contributed by atoms with van der Waals surface area (Å²) in [4.78, 5) is 17.2. The van der Waals surface area contributed by atoms with Crippen LogP contribution in [-0.2, 0) is 0 Å². The predicted molar refractivity (Wildman–Crippen MR) is 144 cm³/mol. The molecule has 4 N–H and O–H groups in total. The number of nitrogens with zero attached hydrogens (tertiary/aromatic N) is 2. The van der Waals surface area contributed by atoms with Gasteiger partial charge in [0.05, 0.1) is 34.7 Å². The van der Waals surface area contributed by atoms with Crippen molar-refractivity contribution in [2.75, 3.05) is 24.2 Å². The number of pyridine rings is 1. The number of amides is 1. The van der Waals surface area contributed by atoms with Gasteiger partial charge in [0.15, 0.2) is 0 Å². The Kier molecular flexibility index (Phi) is 7.44. The third-order valence-electron chi connectivity index (χ3n) is 5.34. The molecule has 0 radical (unpaired) electrons. The van der Waals surface area contributed by atoms with Crippen LogP contribution in [-0.4, -0.2) is 34.7 Å². The highest BCUT2D eigenvalue weighted by Crippen LogP contribution is 2.26. The van der Waals surface area contributed by atoms with E-state index < -0.39 is 0 Å². The van der Waals surface area contributed by atoms with Crippen LogP contribution in [0, 0.1) is 18.8 Å². The number of aromatic nitrogens is 3. The van der Waals surface area contributed by atoms with E-state index >= 15 is 0 Å². The summed E-state index contributed by atoms with van der Waals surface area (Å²) in [5.74, 6) is 6.55. The minimum Gasteiger partial charge on any atom is -0.373 e. The van der Waals surface area contributed by atoms with Gasteiger partial charge in [-0.1, -0.05) is 25.0 Å². The van der Waals surface area contributed by atoms with Gasteiger partial charge in [-0.2, -0.15) is 5.10 Å². The first kappa shape index (κ1) is 23.6. The average Bonchev–Trinajstić information content (AvgIpc) is 3.27. The normalized spacial score (nSPS) is 10.7. The van der Waals surface area contributed by atoms with E-state index in [2.05, 4.69) is 43.0 Å². The number of fused-ring (bicyclic) bond motifs is 1. The van der Waals surface area contributed by atoms with E-state index in [0.717, 1.165) is 51.5 Å². The molecule has 2 heterocycles. The number of para-hydroxylation sites is 1. The fourth-order valence-electron chi connectivity index (χ4n) is 3.67. The molecule has 0 aliphatic rings. The summed E-state index contributed by atoms with van der Waals surface area (Å²) in [7, 11) is 1.86. The third kappa shape index (κ3) is 5.87. The minimum atomic E-state index is -0.167. The molecule has 0 aliphatic heterocycles. The van der Waals surface area contributed by atoms with E-state index in [1.165, 1.54) is 0 Å². The van der Waals surface area contributed by atoms with E-state index in [4.69, 9.17) is 0 Å². The van der Waals surface area contributed by atoms with Crippen LogP contribution in [0.15, 0.2) is 54.6 Å². The average molecular weight is 465 g/mol. The fourth-order valence-corrected chi connectivity index (χ4v) is 3.67. The first-order chi connectivity index (χ1) is 17.1. The molecule has 1 amide bonds. The zero-order valence-corrected chi connectivity index (χ0v) is 20.1. The standard InChI is InChI=1S/C28H28N6O/c1-4-5-8-15-30-28(35)23-9-6-7-10-24(23)31-21-11-13-22-25(33-34-26(22)18-21)14-12-20-16-19(2)17-27(29-3)32-20/h6-7,9-14,16-18,31H,4,15H2,1-3H3,(H,29,32)(H,30,35)(H,33,34)/b14-12+. The van der Waals surface area contributed by atoms with Gasteiger partial charge in [0.1, 0.15) is 5.82 Å². The summed E-state index contributed by atoms with van der Waals surface area (Å²) in [6.45, 7) is 4.34. The maximum Gasteiger partial charge on any atom is 0.254 e. The van der Waals surface area contributed by atoms with E-state index in [1.54, 1.807) is 6.07 Å². The monoisotopic (exact) mass is 464 g/mol. The summed E-state index contributed by atoms with van der Waals surface area (Å²) >= 11 is 0. The molecule has 0 fully saturated rings. The zero-order valence-electron chi connectivity index (χ0n) is 20.1. The summed E-state index contributed by atoms with van der Waals surface area (Å²) in [5, 5.41) is 17.8. The molecule has 2 aromatic carbocycles. The highest BCUT2D eigenvalue weighted by Gasteiger charge is 2.11. The second-order valence-corrected chi connectivity index (χ2v) is 7.97. The van der Waals surface area contributed by atoms with E-state index in [1.807, 2.05) is 81.6 Å². The van der Waals surface area contributed by atoms with Crippen molar-refractivity contribution in [3.8, 4) is 11.8 Å². The van der Waals surface area contributed by atoms with Crippen LogP contribution in [0.5, 0.6) is 0 Å². The number of rotatable bonds is 7. The highest BCUT2D eigenvalue weighted by atomic mass is 16.1. The van der Waals surface area contributed by atoms with E-state index in [0.29, 0.717) is 12.1 Å². The lowest BCUT2D eigenvalue weighted by atomic mass is 10.1. The van der Waals surface area contributed by atoms with Crippen LogP contribution in [0.3, 0.4) is 0 Å². The van der Waals surface area contributed by atoms with Crippen molar-refractivity contribution < 1.29 is 4.79 Å². The SMILES string of the molecule is CCC#CCNC(=O)c1ccccc1Nc1ccc2c(/C=C/c3cc(C)cc(NC)n3)n[nH]c2c1. The maximum absolute atomic E-state index is 12.6. The van der Waals surface area contributed by atoms with Crippen LogP contribution in [0.4, 0.5) is 17.2 Å². The Morgan fingerprint density at radius 3 is 2.77 bits per heavy atom. The largest absolute Gasteiger partial charge is 0.373 e. The predicted octanol–water partition coefficient (Wildman–Crippen LogP) is 5.37. The lowest BCUT2D eigenvalue weighted by Gasteiger charge is -2.11. The quantitative estimate of drug-likeness (QED) is 0.276. The smallest absolute Gasteiger partial charge is 0.254 e. The first-order valence-electron chi connectivity index (χ1n) is 11.5. The molecule has 7 nitrogen and oxygen atoms in total. The van der Waals surface area contributed by atoms with Crippen molar-refractivity contribution in [2.24, 2.45) is 0 Å². The second-order valence-electron chi connectivity index (χ2n) is 7.97. The molecular formula is C28H28N6O. The number of H-pyrrole nitrogens is 1. The van der Waals surface area contributed by atoms with Gasteiger partial charge in [-0.15, -0.1) is 5.92 Å². The fraction of sp³-hybridized carbons (Fsp3) is 0.179. The number of nitrogens with one attached hydrogen (secondary N) is 4. The lowest BCUT2D eigenvalue weighted by Crippen LogP contribution is -2.24. The van der Waals surface area contributed by atoms with E-state index in [-0.39, 0.29) is 5.91 Å². The van der Waals surface area contributed by atoms with Gasteiger partial charge in [-0.05, 0) is 67.1 Å². The number of anilines is 3. The summed E-state index contributed by atoms with van der Waals surface area (Å²) < 4.78 is 0. The molecule has 0 saturated carbocycles. The van der Waals surface area contributed by atoms with Crippen molar-refractivity contribution in [3.05, 3.63) is 77.1 Å². The molecule has 4 rings (SSSR count). The molecule has 0 unspecified atom stereocenters. The molecule has 0 saturated heterocycles. The Bertz CT molecular complexity index is 1440. The number of carbonyl (C=O) groups is 1. The van der Waals surface area contributed by atoms with Crippen LogP contribution in [0.1, 0.15) is 40.7 Å². The second kappa shape index (κ2) is 11.0. The van der Waals surface area contributed by atoms with Gasteiger partial charge in [-0.25, -0.2) is 4.98 Å². The van der Waals surface area contributed by atoms with Gasteiger partial charge < -0.3 is 16.0 Å². The number of hydrogen-bond acceptors (Lipinski definition) is 5. The molecule has 0 spiro atoms. The minimum absolute atomic E-state index is 0.167. The van der Waals surface area contributed by atoms with Gasteiger partial charge in [-0.3, -0.25) is 9.89 Å². The number of benzene rings is 2. The van der Waals surface area contributed by atoms with Crippen molar-refractivity contribution in [1.29, 1.82) is 0 Å². The van der Waals surface area contributed by atoms with Crippen molar-refractivity contribution in [2.45, 2.75) is 20.3 Å². The topological polar surface area (TPSA) is 94.7 Å². The molecule has 0 aliphatic carbocycles. The molecular weight excluding hydrogens is 436 g/mol. The van der Waals surface area contributed by atoms with Gasteiger partial charge in [0.2, 0.25) is 0 Å². The Morgan fingerprint density at radius 1 is 1.09 bits per heavy atom. The summed E-state index contributed by atoms with van der Waals surface area (Å²) in [5.41, 5.74) is 5.84. The zero-order chi connectivity index (χ0) is 24.6. The number of aromatic amines is 1. The van der Waals surface area contributed by atoms with Crippen LogP contribution < -0.4 is 16.0 Å². The Balaban J connectivity index is 1.52. The molecule has 4 aromatic rings. The Hall–Kier alpha value is -4.57. The number of hydrogen-bond donors (Lipinski definition) is 4. The Labute approximate surface area is 205 Å². The van der Waals surface area contributed by atoms with Crippen molar-refractivity contribution in [1.82, 2.24) is 20.5 Å². The van der Waals surface area contributed by atoms with Crippen molar-refractivity contribution >= 4 is 46.2 Å². The van der Waals surface area contributed by atoms with Crippen LogP contribution in [0.25, 0.3) is 23.1 Å². The number of carbonyl (C=O) groups excluding carboxylic acids is 1. The number of aryl methyl sites for hydroxylation is 1. The first-order valence-corrected chi connectivity index (χ1v) is 11.5. The van der Waals surface area contributed by atoms with E-state index in [9.17, 15) is 4.79 Å². The van der Waals surface area contributed by atoms with Crippen molar-refractivity contribution in [3.63, 3.8) is 0 Å². The molecule has 0 bridgehead atoms. The highest BCUT2D eigenvalue weighted by molar-refractivity contribution is 6.01. The summed E-state index contributed by atoms with van der Waals surface area (Å²) in [6, 6.07) is 17.4. The maximum atomic E-state index is 12.6. The third-order valence-corrected chi connectivity index (χ3v) is 5.34. The molecule has 176 valence electrons. The molecule has 2 aromatic heterocycles. The molecule has 0 atom stereocenters. The van der Waals surface area contributed by atoms with Gasteiger partial charge in [0.25, 0.3) is 5.91 Å². The summed E-state index contributed by atoms with van der Waals surface area (Å²) in [6.07, 6.45) is 4.67. The molecule has 35 heavy (non-hydrogen) atoms. The van der Waals surface area contributed by atoms with Crippen LogP contribution in [0.2, 0.25) is 0 Å². The van der Waals surface area contributed by atoms with Crippen LogP contribution >= 0.6 is 0 Å². The van der Waals surface area contributed by atoms with Gasteiger partial charge in [0, 0.05) is 24.5 Å². The van der Waals surface area contributed by atoms with Gasteiger partial charge >= 0.3 is 0 Å².